The summed E-state index contributed by atoms with van der Waals surface area (Å²) >= 11 is 3.59. The van der Waals surface area contributed by atoms with Crippen molar-refractivity contribution in [2.24, 2.45) is 0 Å². The average Bonchev–Trinajstić information content (AvgIpc) is 2.49. The number of benzene rings is 2. The van der Waals surface area contributed by atoms with Crippen molar-refractivity contribution < 1.29 is 9.84 Å². The highest BCUT2D eigenvalue weighted by atomic mass is 79.9. The number of allylic oxidation sites excluding steroid dienone is 1. The first-order chi connectivity index (χ1) is 10.5. The highest BCUT2D eigenvalue weighted by Crippen LogP contribution is 2.34. The average molecular weight is 361 g/mol. The molecule has 22 heavy (non-hydrogen) atoms. The van der Waals surface area contributed by atoms with E-state index in [9.17, 15) is 5.11 Å². The third-order valence-corrected chi connectivity index (χ3v) is 3.86. The minimum absolute atomic E-state index is 0.288. The Morgan fingerprint density at radius 2 is 2.05 bits per heavy atom. The fourth-order valence-electron chi connectivity index (χ4n) is 2.52. The monoisotopic (exact) mass is 360 g/mol. The van der Waals surface area contributed by atoms with E-state index >= 15 is 0 Å². The molecule has 0 fully saturated rings. The summed E-state index contributed by atoms with van der Waals surface area (Å²) in [5, 5.41) is 10.2. The SMILES string of the molecule is C=CCc1ccc(O)c(-c2ccc(OC)c(CC(C)Br)c2)c1. The molecule has 1 N–H and O–H groups in total. The predicted octanol–water partition coefficient (Wildman–Crippen LogP) is 5.12. The second-order valence-electron chi connectivity index (χ2n) is 5.36. The molecule has 0 saturated carbocycles. The van der Waals surface area contributed by atoms with Crippen molar-refractivity contribution in [2.45, 2.75) is 24.6 Å². The van der Waals surface area contributed by atoms with Crippen LogP contribution in [-0.2, 0) is 12.8 Å². The van der Waals surface area contributed by atoms with E-state index in [1.807, 2.05) is 30.3 Å². The molecule has 2 nitrogen and oxygen atoms in total. The third-order valence-electron chi connectivity index (χ3n) is 3.53. The first-order valence-electron chi connectivity index (χ1n) is 7.29. The molecule has 0 radical (unpaired) electrons. The molecule has 2 rings (SSSR count). The summed E-state index contributed by atoms with van der Waals surface area (Å²) in [5.74, 6) is 1.16. The zero-order valence-electron chi connectivity index (χ0n) is 13.0. The van der Waals surface area contributed by atoms with Gasteiger partial charge in [-0.2, -0.15) is 0 Å². The minimum Gasteiger partial charge on any atom is -0.507 e. The first-order valence-corrected chi connectivity index (χ1v) is 8.21. The fourth-order valence-corrected chi connectivity index (χ4v) is 2.87. The number of methoxy groups -OCH3 is 1. The zero-order valence-corrected chi connectivity index (χ0v) is 14.6. The van der Waals surface area contributed by atoms with Gasteiger partial charge in [-0.15, -0.1) is 6.58 Å². The summed E-state index contributed by atoms with van der Waals surface area (Å²) in [6, 6.07) is 11.7. The molecular weight excluding hydrogens is 340 g/mol. The molecule has 0 aliphatic carbocycles. The van der Waals surface area contributed by atoms with Crippen LogP contribution < -0.4 is 4.74 Å². The van der Waals surface area contributed by atoms with Crippen molar-refractivity contribution in [2.75, 3.05) is 7.11 Å². The number of rotatable bonds is 6. The number of phenols is 1. The van der Waals surface area contributed by atoms with Crippen molar-refractivity contribution in [1.82, 2.24) is 0 Å². The van der Waals surface area contributed by atoms with Crippen LogP contribution >= 0.6 is 15.9 Å². The Morgan fingerprint density at radius 3 is 2.68 bits per heavy atom. The number of aromatic hydroxyl groups is 1. The van der Waals surface area contributed by atoms with Gasteiger partial charge in [0.05, 0.1) is 7.11 Å². The molecule has 0 saturated heterocycles. The standard InChI is InChI=1S/C19H21BrO2/c1-4-5-14-6-8-18(21)17(11-14)15-7-9-19(22-3)16(12-15)10-13(2)20/h4,6-9,11-13,21H,1,5,10H2,2-3H3. The van der Waals surface area contributed by atoms with Crippen LogP contribution in [0.25, 0.3) is 11.1 Å². The number of ether oxygens (including phenoxy) is 1. The Bertz CT molecular complexity index is 662. The highest BCUT2D eigenvalue weighted by Gasteiger charge is 2.11. The van der Waals surface area contributed by atoms with Crippen LogP contribution in [0.1, 0.15) is 18.1 Å². The van der Waals surface area contributed by atoms with E-state index in [1.165, 1.54) is 0 Å². The Kier molecular flexibility index (Phi) is 5.67. The van der Waals surface area contributed by atoms with Crippen molar-refractivity contribution in [3.63, 3.8) is 0 Å². The summed E-state index contributed by atoms with van der Waals surface area (Å²) in [4.78, 5) is 0.359. The maximum Gasteiger partial charge on any atom is 0.123 e. The molecule has 1 atom stereocenters. The molecule has 2 aromatic carbocycles. The van der Waals surface area contributed by atoms with E-state index in [0.717, 1.165) is 40.8 Å². The van der Waals surface area contributed by atoms with Gasteiger partial charge in [0.1, 0.15) is 11.5 Å². The van der Waals surface area contributed by atoms with Gasteiger partial charge in [-0.1, -0.05) is 41.1 Å². The van der Waals surface area contributed by atoms with Crippen LogP contribution in [0.2, 0.25) is 0 Å². The van der Waals surface area contributed by atoms with Crippen LogP contribution in [0.3, 0.4) is 0 Å². The Morgan fingerprint density at radius 1 is 1.27 bits per heavy atom. The van der Waals surface area contributed by atoms with E-state index in [0.29, 0.717) is 4.83 Å². The lowest BCUT2D eigenvalue weighted by molar-refractivity contribution is 0.409. The maximum atomic E-state index is 10.2. The molecule has 1 unspecified atom stereocenters. The van der Waals surface area contributed by atoms with Crippen LogP contribution in [0.15, 0.2) is 49.1 Å². The molecular formula is C19H21BrO2. The Hall–Kier alpha value is -1.74. The van der Waals surface area contributed by atoms with Gasteiger partial charge < -0.3 is 9.84 Å². The quantitative estimate of drug-likeness (QED) is 0.571. The van der Waals surface area contributed by atoms with Crippen molar-refractivity contribution in [1.29, 1.82) is 0 Å². The molecule has 2 aromatic rings. The number of halogens is 1. The van der Waals surface area contributed by atoms with Gasteiger partial charge in [0.25, 0.3) is 0 Å². The largest absolute Gasteiger partial charge is 0.507 e. The van der Waals surface area contributed by atoms with Gasteiger partial charge in [-0.05, 0) is 53.8 Å². The molecule has 0 aliphatic rings. The first kappa shape index (κ1) is 16.6. The van der Waals surface area contributed by atoms with Crippen LogP contribution in [-0.4, -0.2) is 17.0 Å². The predicted molar refractivity (Wildman–Crippen MR) is 96.1 cm³/mol. The van der Waals surface area contributed by atoms with E-state index in [-0.39, 0.29) is 5.75 Å². The number of hydrogen-bond acceptors (Lipinski definition) is 2. The minimum atomic E-state index is 0.288. The summed E-state index contributed by atoms with van der Waals surface area (Å²) in [6.45, 7) is 5.87. The highest BCUT2D eigenvalue weighted by molar-refractivity contribution is 9.09. The molecule has 116 valence electrons. The third kappa shape index (κ3) is 3.92. The van der Waals surface area contributed by atoms with E-state index < -0.39 is 0 Å². The summed E-state index contributed by atoms with van der Waals surface area (Å²) < 4.78 is 5.43. The van der Waals surface area contributed by atoms with E-state index in [4.69, 9.17) is 4.74 Å². The van der Waals surface area contributed by atoms with Crippen molar-refractivity contribution in [3.8, 4) is 22.6 Å². The van der Waals surface area contributed by atoms with Gasteiger partial charge in [-0.25, -0.2) is 0 Å². The second kappa shape index (κ2) is 7.50. The van der Waals surface area contributed by atoms with Crippen molar-refractivity contribution in [3.05, 3.63) is 60.2 Å². The molecule has 0 spiro atoms. The molecule has 0 aliphatic heterocycles. The lowest BCUT2D eigenvalue weighted by Gasteiger charge is -2.13. The van der Waals surface area contributed by atoms with Gasteiger partial charge in [0.15, 0.2) is 0 Å². The molecule has 3 heteroatoms. The maximum absolute atomic E-state index is 10.2. The summed E-state index contributed by atoms with van der Waals surface area (Å²) in [6.07, 6.45) is 3.51. The summed E-state index contributed by atoms with van der Waals surface area (Å²) in [7, 11) is 1.68. The second-order valence-corrected chi connectivity index (χ2v) is 6.92. The fraction of sp³-hybridized carbons (Fsp3) is 0.263. The lowest BCUT2D eigenvalue weighted by Crippen LogP contribution is -2.00. The van der Waals surface area contributed by atoms with Crippen LogP contribution in [0.4, 0.5) is 0 Å². The topological polar surface area (TPSA) is 29.5 Å². The van der Waals surface area contributed by atoms with Crippen molar-refractivity contribution >= 4 is 15.9 Å². The lowest BCUT2D eigenvalue weighted by atomic mass is 9.97. The van der Waals surface area contributed by atoms with Gasteiger partial charge in [0, 0.05) is 10.4 Å². The number of phenolic OH excluding ortho intramolecular Hbond substituents is 1. The molecule has 0 heterocycles. The number of alkyl halides is 1. The molecule has 0 amide bonds. The molecule has 0 bridgehead atoms. The van der Waals surface area contributed by atoms with E-state index in [1.54, 1.807) is 13.2 Å². The smallest absolute Gasteiger partial charge is 0.123 e. The zero-order chi connectivity index (χ0) is 16.1. The van der Waals surface area contributed by atoms with E-state index in [2.05, 4.69) is 35.5 Å². The summed E-state index contributed by atoms with van der Waals surface area (Å²) in [5.41, 5.74) is 4.09. The van der Waals surface area contributed by atoms with Gasteiger partial charge >= 0.3 is 0 Å². The van der Waals surface area contributed by atoms with Gasteiger partial charge in [0.2, 0.25) is 0 Å². The Balaban J connectivity index is 2.48. The molecule has 0 aromatic heterocycles. The van der Waals surface area contributed by atoms with Crippen LogP contribution in [0, 0.1) is 0 Å². The van der Waals surface area contributed by atoms with Gasteiger partial charge in [-0.3, -0.25) is 0 Å². The number of hydrogen-bond donors (Lipinski definition) is 1. The Labute approximate surface area is 140 Å². The van der Waals surface area contributed by atoms with Crippen LogP contribution in [0.5, 0.6) is 11.5 Å². The normalized spacial score (nSPS) is 12.0.